The van der Waals surface area contributed by atoms with Gasteiger partial charge in [-0.15, -0.1) is 0 Å². The molecule has 174 valence electrons. The normalized spacial score (nSPS) is 11.8. The van der Waals surface area contributed by atoms with Crippen molar-refractivity contribution in [3.63, 3.8) is 0 Å². The molecule has 0 saturated carbocycles. The number of hydrogen-bond donors (Lipinski definition) is 3. The minimum atomic E-state index is -0.648. The largest absolute Gasteiger partial charge is 0.378 e. The van der Waals surface area contributed by atoms with Crippen LogP contribution >= 0.6 is 0 Å². The quantitative estimate of drug-likeness (QED) is 0.369. The molecule has 6 nitrogen and oxygen atoms in total. The topological polar surface area (TPSA) is 77.2 Å². The third-order valence-corrected chi connectivity index (χ3v) is 5.81. The molecule has 0 radical (unpaired) electrons. The van der Waals surface area contributed by atoms with Gasteiger partial charge in [-0.3, -0.25) is 9.59 Å². The fraction of sp³-hybridized carbons (Fsp3) is 0.185. The van der Waals surface area contributed by atoms with Crippen molar-refractivity contribution in [2.24, 2.45) is 0 Å². The zero-order chi connectivity index (χ0) is 24.2. The smallest absolute Gasteiger partial charge is 0.254 e. The molecule has 0 aliphatic carbocycles. The predicted molar refractivity (Wildman–Crippen MR) is 134 cm³/mol. The van der Waals surface area contributed by atoms with Gasteiger partial charge >= 0.3 is 0 Å². The van der Waals surface area contributed by atoms with Crippen LogP contribution in [0.1, 0.15) is 34.3 Å². The van der Waals surface area contributed by atoms with E-state index in [9.17, 15) is 14.0 Å². The molecule has 0 saturated heterocycles. The standard InChI is InChI=1S/C27H27FN4O2/c1-17(33)31-19-10-13-25(28)22(14-19)27(34)30-15-23(18-8-11-20(12-9-18)32(2)3)24-16-29-26-7-5-4-6-21(24)26/h4-14,16,23,29H,15H2,1-3H3,(H,30,34)(H,31,33). The Balaban J connectivity index is 1.64. The molecule has 1 atom stereocenters. The Labute approximate surface area is 197 Å². The number of rotatable bonds is 7. The summed E-state index contributed by atoms with van der Waals surface area (Å²) in [5.74, 6) is -1.64. The Bertz CT molecular complexity index is 1330. The molecule has 0 spiro atoms. The Morgan fingerprint density at radius 1 is 1.03 bits per heavy atom. The molecule has 1 aromatic heterocycles. The van der Waals surface area contributed by atoms with Gasteiger partial charge in [0.15, 0.2) is 0 Å². The van der Waals surface area contributed by atoms with E-state index in [0.717, 1.165) is 27.7 Å². The van der Waals surface area contributed by atoms with Gasteiger partial charge in [-0.05, 0) is 47.5 Å². The fourth-order valence-corrected chi connectivity index (χ4v) is 4.06. The lowest BCUT2D eigenvalue weighted by molar-refractivity contribution is -0.114. The Morgan fingerprint density at radius 2 is 1.76 bits per heavy atom. The Morgan fingerprint density at radius 3 is 2.47 bits per heavy atom. The van der Waals surface area contributed by atoms with E-state index in [4.69, 9.17) is 0 Å². The first-order valence-electron chi connectivity index (χ1n) is 11.0. The summed E-state index contributed by atoms with van der Waals surface area (Å²) < 4.78 is 14.4. The molecule has 0 fully saturated rings. The molecule has 0 aliphatic rings. The van der Waals surface area contributed by atoms with Crippen LogP contribution in [-0.4, -0.2) is 37.4 Å². The number of para-hydroxylation sites is 1. The molecule has 3 N–H and O–H groups in total. The molecule has 0 bridgehead atoms. The first kappa shape index (κ1) is 23.0. The number of benzene rings is 3. The van der Waals surface area contributed by atoms with Gasteiger partial charge in [0.1, 0.15) is 5.82 Å². The van der Waals surface area contributed by atoms with Gasteiger partial charge in [0.05, 0.1) is 5.56 Å². The maximum atomic E-state index is 14.4. The highest BCUT2D eigenvalue weighted by molar-refractivity contribution is 5.97. The number of carbonyl (C=O) groups is 2. The average molecular weight is 459 g/mol. The fourth-order valence-electron chi connectivity index (χ4n) is 4.06. The summed E-state index contributed by atoms with van der Waals surface area (Å²) in [5, 5.41) is 6.54. The molecule has 7 heteroatoms. The second-order valence-corrected chi connectivity index (χ2v) is 8.41. The molecule has 3 aromatic carbocycles. The monoisotopic (exact) mass is 458 g/mol. The first-order valence-corrected chi connectivity index (χ1v) is 11.0. The van der Waals surface area contributed by atoms with E-state index in [-0.39, 0.29) is 23.9 Å². The van der Waals surface area contributed by atoms with Gasteiger partial charge in [0.25, 0.3) is 5.91 Å². The van der Waals surface area contributed by atoms with Crippen LogP contribution in [0.2, 0.25) is 0 Å². The van der Waals surface area contributed by atoms with Crippen LogP contribution in [0.25, 0.3) is 10.9 Å². The van der Waals surface area contributed by atoms with E-state index in [0.29, 0.717) is 5.69 Å². The predicted octanol–water partition coefficient (Wildman–Crippen LogP) is 4.89. The van der Waals surface area contributed by atoms with E-state index in [1.54, 1.807) is 0 Å². The van der Waals surface area contributed by atoms with Crippen LogP contribution in [-0.2, 0) is 4.79 Å². The van der Waals surface area contributed by atoms with Crippen molar-refractivity contribution in [1.82, 2.24) is 10.3 Å². The number of fused-ring (bicyclic) bond motifs is 1. The zero-order valence-electron chi connectivity index (χ0n) is 19.4. The van der Waals surface area contributed by atoms with Crippen molar-refractivity contribution in [2.45, 2.75) is 12.8 Å². The van der Waals surface area contributed by atoms with Crippen LogP contribution in [0.3, 0.4) is 0 Å². The number of H-pyrrole nitrogens is 1. The van der Waals surface area contributed by atoms with Crippen molar-refractivity contribution in [3.8, 4) is 0 Å². The van der Waals surface area contributed by atoms with Crippen molar-refractivity contribution in [1.29, 1.82) is 0 Å². The summed E-state index contributed by atoms with van der Waals surface area (Å²) in [5.41, 5.74) is 4.40. The third kappa shape index (κ3) is 4.93. The lowest BCUT2D eigenvalue weighted by Gasteiger charge is -2.20. The number of aromatic nitrogens is 1. The number of nitrogens with one attached hydrogen (secondary N) is 3. The van der Waals surface area contributed by atoms with E-state index in [1.165, 1.54) is 25.1 Å². The lowest BCUT2D eigenvalue weighted by Crippen LogP contribution is -2.29. The number of carbonyl (C=O) groups excluding carboxylic acids is 2. The van der Waals surface area contributed by atoms with Gasteiger partial charge in [-0.1, -0.05) is 30.3 Å². The van der Waals surface area contributed by atoms with E-state index in [2.05, 4.69) is 15.6 Å². The molecule has 2 amide bonds. The maximum absolute atomic E-state index is 14.4. The van der Waals surface area contributed by atoms with E-state index in [1.807, 2.05) is 73.7 Å². The number of amides is 2. The summed E-state index contributed by atoms with van der Waals surface area (Å²) in [6.07, 6.45) is 1.96. The highest BCUT2D eigenvalue weighted by atomic mass is 19.1. The molecular formula is C27H27FN4O2. The SMILES string of the molecule is CC(=O)Nc1ccc(F)c(C(=O)NCC(c2ccc(N(C)C)cc2)c2c[nH]c3ccccc23)c1. The maximum Gasteiger partial charge on any atom is 0.254 e. The molecule has 4 aromatic rings. The summed E-state index contributed by atoms with van der Waals surface area (Å²) in [7, 11) is 3.96. The highest BCUT2D eigenvalue weighted by Crippen LogP contribution is 2.31. The Kier molecular flexibility index (Phi) is 6.63. The van der Waals surface area contributed by atoms with E-state index >= 15 is 0 Å². The van der Waals surface area contributed by atoms with Gasteiger partial charge < -0.3 is 20.5 Å². The minimum absolute atomic E-state index is 0.119. The van der Waals surface area contributed by atoms with Gasteiger partial charge in [0, 0.05) is 62.0 Å². The summed E-state index contributed by atoms with van der Waals surface area (Å²) >= 11 is 0. The number of halogens is 1. The zero-order valence-corrected chi connectivity index (χ0v) is 19.4. The highest BCUT2D eigenvalue weighted by Gasteiger charge is 2.21. The van der Waals surface area contributed by atoms with Crippen molar-refractivity contribution < 1.29 is 14.0 Å². The van der Waals surface area contributed by atoms with Gasteiger partial charge in [-0.2, -0.15) is 0 Å². The number of anilines is 2. The van der Waals surface area contributed by atoms with Crippen LogP contribution < -0.4 is 15.5 Å². The third-order valence-electron chi connectivity index (χ3n) is 5.81. The number of hydrogen-bond acceptors (Lipinski definition) is 3. The number of aromatic amines is 1. The van der Waals surface area contributed by atoms with Crippen molar-refractivity contribution in [3.05, 3.63) is 95.4 Å². The van der Waals surface area contributed by atoms with Crippen LogP contribution in [0.4, 0.5) is 15.8 Å². The number of nitrogens with zero attached hydrogens (tertiary/aromatic N) is 1. The summed E-state index contributed by atoms with van der Waals surface area (Å²) in [4.78, 5) is 29.6. The van der Waals surface area contributed by atoms with E-state index < -0.39 is 11.7 Å². The molecule has 4 rings (SSSR count). The molecule has 1 unspecified atom stereocenters. The second kappa shape index (κ2) is 9.79. The Hall–Kier alpha value is -4.13. The second-order valence-electron chi connectivity index (χ2n) is 8.41. The minimum Gasteiger partial charge on any atom is -0.378 e. The molecular weight excluding hydrogens is 431 g/mol. The molecule has 0 aliphatic heterocycles. The molecule has 1 heterocycles. The van der Waals surface area contributed by atoms with Crippen molar-refractivity contribution >= 4 is 34.1 Å². The first-order chi connectivity index (χ1) is 16.3. The van der Waals surface area contributed by atoms with Crippen LogP contribution in [0.15, 0.2) is 72.9 Å². The van der Waals surface area contributed by atoms with Gasteiger partial charge in [-0.25, -0.2) is 4.39 Å². The van der Waals surface area contributed by atoms with Crippen LogP contribution in [0, 0.1) is 5.82 Å². The van der Waals surface area contributed by atoms with Crippen molar-refractivity contribution in [2.75, 3.05) is 30.9 Å². The summed E-state index contributed by atoms with van der Waals surface area (Å²) in [6.45, 7) is 1.63. The molecule has 34 heavy (non-hydrogen) atoms. The van der Waals surface area contributed by atoms with Crippen LogP contribution in [0.5, 0.6) is 0 Å². The summed E-state index contributed by atoms with van der Waals surface area (Å²) in [6, 6.07) is 20.1. The average Bonchev–Trinajstić information content (AvgIpc) is 3.24. The lowest BCUT2D eigenvalue weighted by atomic mass is 9.90. The van der Waals surface area contributed by atoms with Gasteiger partial charge in [0.2, 0.25) is 5.91 Å².